The molecule has 1 heterocycles. The highest BCUT2D eigenvalue weighted by atomic mass is 35.5. The van der Waals surface area contributed by atoms with E-state index in [1.54, 1.807) is 12.1 Å². The Kier molecular flexibility index (Phi) is 4.68. The number of halogens is 3. The SMILES string of the molecule is CCC1(Cc2ccc(Cl)cc2)CC[S+]([O-])c2c(F)ccc(F)c21. The molecule has 0 N–H and O–H groups in total. The van der Waals surface area contributed by atoms with Crippen molar-refractivity contribution in [1.29, 1.82) is 0 Å². The molecule has 5 heteroatoms. The zero-order valence-corrected chi connectivity index (χ0v) is 14.3. The average Bonchev–Trinajstić information content (AvgIpc) is 2.55. The van der Waals surface area contributed by atoms with Crippen LogP contribution in [0.25, 0.3) is 0 Å². The molecular weight excluding hydrogens is 338 g/mol. The standard InChI is InChI=1S/C18H17ClF2OS/c1-2-18(11-12-3-5-13(19)6-4-12)9-10-23(22)17-15(21)8-7-14(20)16(17)18/h3-8H,2,9-11H2,1H3. The molecule has 0 amide bonds. The molecule has 2 atom stereocenters. The molecule has 0 spiro atoms. The van der Waals surface area contributed by atoms with Crippen LogP contribution in [0.3, 0.4) is 0 Å². The minimum absolute atomic E-state index is 0.0482. The normalized spacial score (nSPS) is 23.6. The molecule has 23 heavy (non-hydrogen) atoms. The molecule has 2 aromatic rings. The van der Waals surface area contributed by atoms with Gasteiger partial charge in [-0.15, -0.1) is 0 Å². The third kappa shape index (κ3) is 3.00. The molecule has 1 nitrogen and oxygen atoms in total. The van der Waals surface area contributed by atoms with Crippen molar-refractivity contribution in [2.45, 2.75) is 36.5 Å². The Morgan fingerprint density at radius 2 is 1.78 bits per heavy atom. The molecule has 0 saturated heterocycles. The molecule has 0 saturated carbocycles. The van der Waals surface area contributed by atoms with Crippen molar-refractivity contribution in [2.75, 3.05) is 5.75 Å². The lowest BCUT2D eigenvalue weighted by atomic mass is 9.71. The molecule has 0 aliphatic carbocycles. The molecule has 1 aliphatic rings. The van der Waals surface area contributed by atoms with E-state index in [1.807, 2.05) is 19.1 Å². The number of fused-ring (bicyclic) bond motifs is 1. The maximum absolute atomic E-state index is 14.6. The van der Waals surface area contributed by atoms with Gasteiger partial charge in [0.05, 0.1) is 5.56 Å². The number of benzene rings is 2. The summed E-state index contributed by atoms with van der Waals surface area (Å²) < 4.78 is 41.0. The summed E-state index contributed by atoms with van der Waals surface area (Å²) in [4.78, 5) is 0.0482. The van der Waals surface area contributed by atoms with E-state index in [1.165, 1.54) is 0 Å². The summed E-state index contributed by atoms with van der Waals surface area (Å²) >= 11 is 4.44. The third-order valence-electron chi connectivity index (χ3n) is 4.72. The number of hydrogen-bond acceptors (Lipinski definition) is 1. The Hall–Kier alpha value is -1.10. The lowest BCUT2D eigenvalue weighted by Gasteiger charge is -2.38. The summed E-state index contributed by atoms with van der Waals surface area (Å²) in [6.07, 6.45) is 1.80. The average molecular weight is 355 g/mol. The van der Waals surface area contributed by atoms with Crippen LogP contribution in [-0.2, 0) is 23.0 Å². The van der Waals surface area contributed by atoms with Crippen molar-refractivity contribution in [3.8, 4) is 0 Å². The second-order valence-electron chi connectivity index (χ2n) is 5.97. The molecule has 0 fully saturated rings. The lowest BCUT2D eigenvalue weighted by molar-refractivity contribution is 0.350. The monoisotopic (exact) mass is 354 g/mol. The smallest absolute Gasteiger partial charge is 0.195 e. The van der Waals surface area contributed by atoms with E-state index in [2.05, 4.69) is 0 Å². The Morgan fingerprint density at radius 1 is 1.13 bits per heavy atom. The Bertz CT molecular complexity index is 720. The maximum Gasteiger partial charge on any atom is 0.195 e. The van der Waals surface area contributed by atoms with Gasteiger partial charge in [-0.05, 0) is 53.8 Å². The highest BCUT2D eigenvalue weighted by Crippen LogP contribution is 2.45. The largest absolute Gasteiger partial charge is 0.611 e. The van der Waals surface area contributed by atoms with Crippen molar-refractivity contribution >= 4 is 22.8 Å². The number of rotatable bonds is 3. The number of hydrogen-bond donors (Lipinski definition) is 0. The summed E-state index contributed by atoms with van der Waals surface area (Å²) in [6.45, 7) is 1.97. The highest BCUT2D eigenvalue weighted by Gasteiger charge is 2.45. The first-order valence-electron chi connectivity index (χ1n) is 7.58. The minimum Gasteiger partial charge on any atom is -0.611 e. The van der Waals surface area contributed by atoms with E-state index >= 15 is 0 Å². The van der Waals surface area contributed by atoms with Crippen molar-refractivity contribution in [1.82, 2.24) is 0 Å². The predicted molar refractivity (Wildman–Crippen MR) is 89.4 cm³/mol. The van der Waals surface area contributed by atoms with Gasteiger partial charge in [-0.25, -0.2) is 8.78 Å². The van der Waals surface area contributed by atoms with Crippen LogP contribution < -0.4 is 0 Å². The van der Waals surface area contributed by atoms with Gasteiger partial charge in [0, 0.05) is 16.9 Å². The molecule has 0 radical (unpaired) electrons. The molecular formula is C18H17ClF2OS. The predicted octanol–water partition coefficient (Wildman–Crippen LogP) is 5.02. The molecule has 122 valence electrons. The van der Waals surface area contributed by atoms with E-state index in [0.717, 1.165) is 17.7 Å². The first-order valence-corrected chi connectivity index (χ1v) is 9.28. The molecule has 1 aliphatic heterocycles. The lowest BCUT2D eigenvalue weighted by Crippen LogP contribution is -2.38. The van der Waals surface area contributed by atoms with Crippen molar-refractivity contribution in [3.05, 3.63) is 64.2 Å². The van der Waals surface area contributed by atoms with Gasteiger partial charge >= 0.3 is 0 Å². The van der Waals surface area contributed by atoms with E-state index in [9.17, 15) is 13.3 Å². The molecule has 2 aromatic carbocycles. The summed E-state index contributed by atoms with van der Waals surface area (Å²) in [5, 5.41) is 0.640. The fraction of sp³-hybridized carbons (Fsp3) is 0.333. The zero-order chi connectivity index (χ0) is 16.6. The third-order valence-corrected chi connectivity index (χ3v) is 6.40. The minimum atomic E-state index is -1.48. The van der Waals surface area contributed by atoms with Crippen molar-refractivity contribution < 1.29 is 13.3 Å². The fourth-order valence-corrected chi connectivity index (χ4v) is 5.15. The first kappa shape index (κ1) is 16.7. The molecule has 3 rings (SSSR count). The van der Waals surface area contributed by atoms with Crippen LogP contribution in [0.1, 0.15) is 30.9 Å². The van der Waals surface area contributed by atoms with Crippen molar-refractivity contribution in [3.63, 3.8) is 0 Å². The maximum atomic E-state index is 14.6. The van der Waals surface area contributed by atoms with Crippen LogP contribution >= 0.6 is 11.6 Å². The van der Waals surface area contributed by atoms with Crippen LogP contribution in [0.5, 0.6) is 0 Å². The summed E-state index contributed by atoms with van der Waals surface area (Å²) in [7, 11) is 0. The van der Waals surface area contributed by atoms with Crippen LogP contribution in [0.2, 0.25) is 5.02 Å². The van der Waals surface area contributed by atoms with Gasteiger partial charge < -0.3 is 4.55 Å². The molecule has 0 bridgehead atoms. The van der Waals surface area contributed by atoms with E-state index < -0.39 is 28.2 Å². The van der Waals surface area contributed by atoms with Gasteiger partial charge in [0.25, 0.3) is 0 Å². The van der Waals surface area contributed by atoms with Gasteiger partial charge in [0.15, 0.2) is 10.7 Å². The van der Waals surface area contributed by atoms with Crippen LogP contribution in [0.15, 0.2) is 41.3 Å². The van der Waals surface area contributed by atoms with Gasteiger partial charge in [-0.3, -0.25) is 0 Å². The van der Waals surface area contributed by atoms with Crippen LogP contribution in [0, 0.1) is 11.6 Å². The molecule has 2 unspecified atom stereocenters. The van der Waals surface area contributed by atoms with E-state index in [-0.39, 0.29) is 4.90 Å². The quantitative estimate of drug-likeness (QED) is 0.710. The topological polar surface area (TPSA) is 23.1 Å². The fourth-order valence-electron chi connectivity index (χ4n) is 3.41. The van der Waals surface area contributed by atoms with Crippen LogP contribution in [-0.4, -0.2) is 10.3 Å². The van der Waals surface area contributed by atoms with Gasteiger partial charge in [0.2, 0.25) is 0 Å². The summed E-state index contributed by atoms with van der Waals surface area (Å²) in [5.41, 5.74) is 0.765. The van der Waals surface area contributed by atoms with Gasteiger partial charge in [-0.2, -0.15) is 0 Å². The van der Waals surface area contributed by atoms with Crippen molar-refractivity contribution in [2.24, 2.45) is 0 Å². The van der Waals surface area contributed by atoms with Gasteiger partial charge in [-0.1, -0.05) is 30.7 Å². The Labute approximate surface area is 142 Å². The van der Waals surface area contributed by atoms with E-state index in [4.69, 9.17) is 11.6 Å². The summed E-state index contributed by atoms with van der Waals surface area (Å²) in [6, 6.07) is 9.61. The highest BCUT2D eigenvalue weighted by molar-refractivity contribution is 7.91. The first-order chi connectivity index (χ1) is 11.0. The zero-order valence-electron chi connectivity index (χ0n) is 12.7. The Balaban J connectivity index is 2.12. The molecule has 0 aromatic heterocycles. The van der Waals surface area contributed by atoms with Gasteiger partial charge in [0.1, 0.15) is 11.6 Å². The summed E-state index contributed by atoms with van der Waals surface area (Å²) in [5.74, 6) is -0.687. The van der Waals surface area contributed by atoms with Crippen LogP contribution in [0.4, 0.5) is 8.78 Å². The second-order valence-corrected chi connectivity index (χ2v) is 7.91. The second kappa shape index (κ2) is 6.42. The Morgan fingerprint density at radius 3 is 2.43 bits per heavy atom. The van der Waals surface area contributed by atoms with E-state index in [0.29, 0.717) is 35.6 Å².